The molecule has 2 atom stereocenters. The number of nitrogens with zero attached hydrogens (tertiary/aromatic N) is 1. The third-order valence-corrected chi connectivity index (χ3v) is 3.01. The minimum atomic E-state index is -0.391. The van der Waals surface area contributed by atoms with Gasteiger partial charge in [-0.3, -0.25) is 0 Å². The number of hydrogen-bond acceptors (Lipinski definition) is 4. The Balaban J connectivity index is 2.01. The van der Waals surface area contributed by atoms with Crippen LogP contribution in [-0.2, 0) is 9.47 Å². The number of aliphatic hydroxyl groups excluding tert-OH is 1. The van der Waals surface area contributed by atoms with Crippen LogP contribution >= 0.6 is 0 Å². The Labute approximate surface area is 105 Å². The zero-order valence-corrected chi connectivity index (χ0v) is 11.2. The number of aliphatic hydroxyl groups is 1. The summed E-state index contributed by atoms with van der Waals surface area (Å²) in [4.78, 5) is 2.13. The fraction of sp³-hybridized carbons (Fsp3) is 1.00. The Morgan fingerprint density at radius 3 is 3.00 bits per heavy atom. The van der Waals surface area contributed by atoms with Gasteiger partial charge in [0.05, 0.1) is 18.8 Å². The lowest BCUT2D eigenvalue weighted by atomic mass is 10.2. The normalized spacial score (nSPS) is 22.2. The predicted octanol–water partition coefficient (Wildman–Crippen LogP) is 1.27. The summed E-state index contributed by atoms with van der Waals surface area (Å²) in [5.41, 5.74) is 0. The Hall–Kier alpha value is -0.160. The molecule has 0 aliphatic carbocycles. The average molecular weight is 245 g/mol. The van der Waals surface area contributed by atoms with Crippen molar-refractivity contribution in [3.8, 4) is 0 Å². The third-order valence-electron chi connectivity index (χ3n) is 3.01. The Kier molecular flexibility index (Phi) is 7.77. The molecule has 0 spiro atoms. The van der Waals surface area contributed by atoms with E-state index in [4.69, 9.17) is 9.47 Å². The van der Waals surface area contributed by atoms with Gasteiger partial charge in [-0.05, 0) is 26.3 Å². The summed E-state index contributed by atoms with van der Waals surface area (Å²) >= 11 is 0. The summed E-state index contributed by atoms with van der Waals surface area (Å²) in [6.07, 6.45) is 4.48. The molecule has 4 heteroatoms. The summed E-state index contributed by atoms with van der Waals surface area (Å²) in [5, 5.41) is 9.79. The third kappa shape index (κ3) is 6.99. The van der Waals surface area contributed by atoms with E-state index in [-0.39, 0.29) is 0 Å². The molecule has 2 unspecified atom stereocenters. The summed E-state index contributed by atoms with van der Waals surface area (Å²) in [6.45, 7) is 5.78. The van der Waals surface area contributed by atoms with Crippen molar-refractivity contribution < 1.29 is 14.6 Å². The number of unbranched alkanes of at least 4 members (excludes halogenated alkanes) is 1. The first-order valence-electron chi connectivity index (χ1n) is 6.78. The SMILES string of the molecule is CCCCOCC(O)CN(C)CC1CCCO1. The average Bonchev–Trinajstić information content (AvgIpc) is 2.77. The summed E-state index contributed by atoms with van der Waals surface area (Å²) < 4.78 is 11.0. The van der Waals surface area contributed by atoms with Crippen LogP contribution in [0.4, 0.5) is 0 Å². The van der Waals surface area contributed by atoms with Crippen molar-refractivity contribution in [2.24, 2.45) is 0 Å². The molecule has 1 aliphatic rings. The number of rotatable bonds is 9. The number of ether oxygens (including phenoxy) is 2. The molecule has 1 N–H and O–H groups in total. The molecule has 0 radical (unpaired) electrons. The van der Waals surface area contributed by atoms with E-state index in [1.54, 1.807) is 0 Å². The lowest BCUT2D eigenvalue weighted by Gasteiger charge is -2.23. The van der Waals surface area contributed by atoms with Crippen molar-refractivity contribution in [3.05, 3.63) is 0 Å². The van der Waals surface area contributed by atoms with Crippen LogP contribution in [0.15, 0.2) is 0 Å². The van der Waals surface area contributed by atoms with Crippen LogP contribution in [0.1, 0.15) is 32.6 Å². The van der Waals surface area contributed by atoms with E-state index in [1.165, 1.54) is 6.42 Å². The van der Waals surface area contributed by atoms with E-state index in [1.807, 2.05) is 7.05 Å². The maximum absolute atomic E-state index is 9.79. The number of hydrogen-bond donors (Lipinski definition) is 1. The molecular formula is C13H27NO3. The van der Waals surface area contributed by atoms with Gasteiger partial charge in [0.15, 0.2) is 0 Å². The zero-order chi connectivity index (χ0) is 12.5. The van der Waals surface area contributed by atoms with Gasteiger partial charge in [0, 0.05) is 26.3 Å². The van der Waals surface area contributed by atoms with Gasteiger partial charge in [0.2, 0.25) is 0 Å². The van der Waals surface area contributed by atoms with E-state index < -0.39 is 6.10 Å². The van der Waals surface area contributed by atoms with Crippen LogP contribution < -0.4 is 0 Å². The monoisotopic (exact) mass is 245 g/mol. The second kappa shape index (κ2) is 8.86. The van der Waals surface area contributed by atoms with Gasteiger partial charge < -0.3 is 19.5 Å². The molecule has 0 aromatic carbocycles. The van der Waals surface area contributed by atoms with Crippen LogP contribution in [0.2, 0.25) is 0 Å². The number of likely N-dealkylation sites (N-methyl/N-ethyl adjacent to an activating group) is 1. The lowest BCUT2D eigenvalue weighted by Crippen LogP contribution is -2.36. The highest BCUT2D eigenvalue weighted by Gasteiger charge is 2.18. The largest absolute Gasteiger partial charge is 0.389 e. The molecule has 1 rings (SSSR count). The lowest BCUT2D eigenvalue weighted by molar-refractivity contribution is 0.00964. The van der Waals surface area contributed by atoms with Gasteiger partial charge in [-0.2, -0.15) is 0 Å². The molecule has 17 heavy (non-hydrogen) atoms. The van der Waals surface area contributed by atoms with Crippen LogP contribution in [0.5, 0.6) is 0 Å². The van der Waals surface area contributed by atoms with E-state index in [0.717, 1.165) is 39.0 Å². The smallest absolute Gasteiger partial charge is 0.0900 e. The van der Waals surface area contributed by atoms with Gasteiger partial charge in [-0.1, -0.05) is 13.3 Å². The zero-order valence-electron chi connectivity index (χ0n) is 11.2. The minimum Gasteiger partial charge on any atom is -0.389 e. The van der Waals surface area contributed by atoms with Crippen LogP contribution in [0, 0.1) is 0 Å². The van der Waals surface area contributed by atoms with E-state index in [0.29, 0.717) is 19.3 Å². The molecule has 4 nitrogen and oxygen atoms in total. The van der Waals surface area contributed by atoms with Crippen molar-refractivity contribution in [3.63, 3.8) is 0 Å². The molecule has 1 heterocycles. The maximum atomic E-state index is 9.79. The molecule has 0 amide bonds. The molecule has 1 fully saturated rings. The van der Waals surface area contributed by atoms with Gasteiger partial charge in [-0.15, -0.1) is 0 Å². The van der Waals surface area contributed by atoms with Crippen LogP contribution in [0.3, 0.4) is 0 Å². The quantitative estimate of drug-likeness (QED) is 0.621. The van der Waals surface area contributed by atoms with E-state index in [9.17, 15) is 5.11 Å². The second-order valence-corrected chi connectivity index (χ2v) is 4.94. The van der Waals surface area contributed by atoms with Crippen molar-refractivity contribution in [2.45, 2.75) is 44.8 Å². The van der Waals surface area contributed by atoms with Crippen LogP contribution in [-0.4, -0.2) is 62.2 Å². The highest BCUT2D eigenvalue weighted by Crippen LogP contribution is 2.12. The van der Waals surface area contributed by atoms with Crippen molar-refractivity contribution >= 4 is 0 Å². The van der Waals surface area contributed by atoms with Gasteiger partial charge in [-0.25, -0.2) is 0 Å². The molecule has 0 aromatic rings. The molecule has 0 bridgehead atoms. The molecular weight excluding hydrogens is 218 g/mol. The topological polar surface area (TPSA) is 41.9 Å². The first-order chi connectivity index (χ1) is 8.22. The molecule has 0 aromatic heterocycles. The van der Waals surface area contributed by atoms with Crippen molar-refractivity contribution in [1.82, 2.24) is 4.90 Å². The van der Waals surface area contributed by atoms with Crippen LogP contribution in [0.25, 0.3) is 0 Å². The Bertz CT molecular complexity index is 184. The standard InChI is InChI=1S/C13H27NO3/c1-3-4-7-16-11-12(15)9-14(2)10-13-6-5-8-17-13/h12-13,15H,3-11H2,1-2H3. The van der Waals surface area contributed by atoms with Crippen molar-refractivity contribution in [1.29, 1.82) is 0 Å². The van der Waals surface area contributed by atoms with Crippen molar-refractivity contribution in [2.75, 3.05) is 40.0 Å². The van der Waals surface area contributed by atoms with E-state index in [2.05, 4.69) is 11.8 Å². The highest BCUT2D eigenvalue weighted by atomic mass is 16.5. The summed E-state index contributed by atoms with van der Waals surface area (Å²) in [5.74, 6) is 0. The predicted molar refractivity (Wildman–Crippen MR) is 68.2 cm³/mol. The Morgan fingerprint density at radius 1 is 1.53 bits per heavy atom. The fourth-order valence-corrected chi connectivity index (χ4v) is 2.09. The first kappa shape index (κ1) is 14.9. The summed E-state index contributed by atoms with van der Waals surface area (Å²) in [6, 6.07) is 0. The fourth-order valence-electron chi connectivity index (χ4n) is 2.09. The van der Waals surface area contributed by atoms with Gasteiger partial charge >= 0.3 is 0 Å². The highest BCUT2D eigenvalue weighted by molar-refractivity contribution is 4.70. The molecule has 1 saturated heterocycles. The molecule has 102 valence electrons. The minimum absolute atomic E-state index is 0.355. The maximum Gasteiger partial charge on any atom is 0.0900 e. The Morgan fingerprint density at radius 2 is 2.35 bits per heavy atom. The second-order valence-electron chi connectivity index (χ2n) is 4.94. The molecule has 0 saturated carbocycles. The van der Waals surface area contributed by atoms with E-state index >= 15 is 0 Å². The van der Waals surface area contributed by atoms with Gasteiger partial charge in [0.1, 0.15) is 0 Å². The molecule has 1 aliphatic heterocycles. The first-order valence-corrected chi connectivity index (χ1v) is 6.78. The van der Waals surface area contributed by atoms with Gasteiger partial charge in [0.25, 0.3) is 0 Å². The summed E-state index contributed by atoms with van der Waals surface area (Å²) in [7, 11) is 2.02.